The summed E-state index contributed by atoms with van der Waals surface area (Å²) >= 11 is 1.65. The molecule has 0 aliphatic rings. The molecule has 0 unspecified atom stereocenters. The lowest BCUT2D eigenvalue weighted by Gasteiger charge is -2.24. The Morgan fingerprint density at radius 2 is 1.88 bits per heavy atom. The maximum absolute atomic E-state index is 12.7. The van der Waals surface area contributed by atoms with E-state index in [0.29, 0.717) is 5.56 Å². The third-order valence-electron chi connectivity index (χ3n) is 3.88. The molecule has 0 bridgehead atoms. The van der Waals surface area contributed by atoms with Crippen LogP contribution >= 0.6 is 11.3 Å². The van der Waals surface area contributed by atoms with Gasteiger partial charge in [0.25, 0.3) is 5.91 Å². The van der Waals surface area contributed by atoms with Crippen molar-refractivity contribution in [3.05, 3.63) is 51.0 Å². The topological polar surface area (TPSA) is 53.4 Å². The van der Waals surface area contributed by atoms with Crippen LogP contribution in [-0.4, -0.2) is 33.5 Å². The van der Waals surface area contributed by atoms with Crippen molar-refractivity contribution < 1.29 is 9.90 Å². The normalized spacial score (nSPS) is 12.3. The van der Waals surface area contributed by atoms with Gasteiger partial charge in [-0.25, -0.2) is 4.98 Å². The largest absolute Gasteiger partial charge is 0.378 e. The van der Waals surface area contributed by atoms with E-state index in [1.165, 1.54) is 0 Å². The van der Waals surface area contributed by atoms with E-state index in [2.05, 4.69) is 16.8 Å². The minimum Gasteiger partial charge on any atom is -0.378 e. The zero-order chi connectivity index (χ0) is 18.8. The van der Waals surface area contributed by atoms with E-state index in [0.717, 1.165) is 21.1 Å². The number of hydrogen-bond acceptors (Lipinski definition) is 4. The number of hydrogen-bond donors (Lipinski definition) is 1. The number of amides is 1. The Hall–Kier alpha value is -2.16. The number of nitrogens with zero attached hydrogens (tertiary/aromatic N) is 2. The summed E-state index contributed by atoms with van der Waals surface area (Å²) in [6.45, 7) is 9.27. The quantitative estimate of drug-likeness (QED) is 0.853. The van der Waals surface area contributed by atoms with Gasteiger partial charge in [-0.2, -0.15) is 0 Å². The average Bonchev–Trinajstić information content (AvgIpc) is 2.89. The lowest BCUT2D eigenvalue weighted by molar-refractivity contribution is 0.0739. The lowest BCUT2D eigenvalue weighted by Crippen LogP contribution is -2.30. The van der Waals surface area contributed by atoms with E-state index in [-0.39, 0.29) is 11.9 Å². The number of aliphatic hydroxyl groups is 1. The molecule has 1 atom stereocenters. The molecule has 5 heteroatoms. The summed E-state index contributed by atoms with van der Waals surface area (Å²) in [6, 6.07) is 7.02. The van der Waals surface area contributed by atoms with Crippen molar-refractivity contribution in [1.82, 2.24) is 9.88 Å². The molecule has 1 amide bonds. The van der Waals surface area contributed by atoms with Crippen molar-refractivity contribution >= 4 is 17.2 Å². The molecule has 0 fully saturated rings. The number of carbonyl (C=O) groups is 1. The summed E-state index contributed by atoms with van der Waals surface area (Å²) in [7, 11) is 1.79. The second-order valence-electron chi connectivity index (χ2n) is 6.65. The summed E-state index contributed by atoms with van der Waals surface area (Å²) < 4.78 is 0. The zero-order valence-corrected chi connectivity index (χ0v) is 16.4. The maximum Gasteiger partial charge on any atom is 0.254 e. The molecule has 1 aromatic heterocycles. The number of benzene rings is 1. The fourth-order valence-corrected chi connectivity index (χ4v) is 3.32. The smallest absolute Gasteiger partial charge is 0.254 e. The molecular formula is C20H24N2O2S. The molecule has 0 aliphatic heterocycles. The number of aromatic nitrogens is 1. The van der Waals surface area contributed by atoms with Crippen LogP contribution in [0.3, 0.4) is 0 Å². The Morgan fingerprint density at radius 1 is 1.28 bits per heavy atom. The molecule has 2 rings (SSSR count). The fourth-order valence-electron chi connectivity index (χ4n) is 2.42. The van der Waals surface area contributed by atoms with E-state index in [4.69, 9.17) is 0 Å². The molecule has 1 aromatic carbocycles. The first kappa shape index (κ1) is 19.2. The number of rotatable bonds is 3. The van der Waals surface area contributed by atoms with Crippen LogP contribution in [0.15, 0.2) is 24.3 Å². The van der Waals surface area contributed by atoms with Gasteiger partial charge in [-0.1, -0.05) is 11.8 Å². The molecule has 0 saturated heterocycles. The minimum absolute atomic E-state index is 0.0560. The van der Waals surface area contributed by atoms with Crippen molar-refractivity contribution in [2.24, 2.45) is 0 Å². The molecule has 1 N–H and O–H groups in total. The first-order valence-electron chi connectivity index (χ1n) is 8.15. The van der Waals surface area contributed by atoms with Gasteiger partial charge in [0, 0.05) is 23.1 Å². The van der Waals surface area contributed by atoms with Crippen LogP contribution in [0.1, 0.15) is 58.3 Å². The van der Waals surface area contributed by atoms with Crippen LogP contribution in [0, 0.1) is 25.7 Å². The number of carbonyl (C=O) groups excluding carboxylic acids is 1. The van der Waals surface area contributed by atoms with Crippen molar-refractivity contribution in [2.45, 2.75) is 46.3 Å². The molecule has 132 valence electrons. The second-order valence-corrected chi connectivity index (χ2v) is 8.06. The van der Waals surface area contributed by atoms with Crippen molar-refractivity contribution in [1.29, 1.82) is 0 Å². The van der Waals surface area contributed by atoms with E-state index >= 15 is 0 Å². The predicted molar refractivity (Wildman–Crippen MR) is 102 cm³/mol. The highest BCUT2D eigenvalue weighted by atomic mass is 32.1. The highest BCUT2D eigenvalue weighted by Gasteiger charge is 2.22. The molecule has 1 heterocycles. The van der Waals surface area contributed by atoms with Crippen LogP contribution in [0.25, 0.3) is 0 Å². The van der Waals surface area contributed by atoms with Gasteiger partial charge in [-0.15, -0.1) is 11.3 Å². The van der Waals surface area contributed by atoms with E-state index in [1.807, 2.05) is 20.8 Å². The summed E-state index contributed by atoms with van der Waals surface area (Å²) in [6.07, 6.45) is 0. The van der Waals surface area contributed by atoms with Gasteiger partial charge < -0.3 is 10.0 Å². The summed E-state index contributed by atoms with van der Waals surface area (Å²) in [5.74, 6) is 5.61. The van der Waals surface area contributed by atoms with E-state index in [9.17, 15) is 9.90 Å². The fraction of sp³-hybridized carbons (Fsp3) is 0.400. The summed E-state index contributed by atoms with van der Waals surface area (Å²) in [4.78, 5) is 20.1. The summed E-state index contributed by atoms with van der Waals surface area (Å²) in [5.41, 5.74) is 1.28. The Kier molecular flexibility index (Phi) is 5.66. The minimum atomic E-state index is -1.03. The Morgan fingerprint density at radius 3 is 2.36 bits per heavy atom. The molecule has 2 aromatic rings. The Labute approximate surface area is 153 Å². The van der Waals surface area contributed by atoms with Gasteiger partial charge in [0.05, 0.1) is 16.7 Å². The molecule has 25 heavy (non-hydrogen) atoms. The molecule has 0 saturated carbocycles. The number of aryl methyl sites for hydroxylation is 2. The van der Waals surface area contributed by atoms with Gasteiger partial charge >= 0.3 is 0 Å². The summed E-state index contributed by atoms with van der Waals surface area (Å²) in [5, 5.41) is 10.7. The van der Waals surface area contributed by atoms with Crippen LogP contribution in [0.4, 0.5) is 0 Å². The molecular weight excluding hydrogens is 332 g/mol. The first-order chi connectivity index (χ1) is 11.6. The third kappa shape index (κ3) is 4.91. The lowest BCUT2D eigenvalue weighted by atomic mass is 10.1. The van der Waals surface area contributed by atoms with E-state index in [1.54, 1.807) is 61.4 Å². The van der Waals surface area contributed by atoms with Crippen LogP contribution < -0.4 is 0 Å². The molecule has 0 aliphatic carbocycles. The first-order valence-corrected chi connectivity index (χ1v) is 8.97. The Balaban J connectivity index is 2.16. The standard InChI is InChI=1S/C20H24N2O2S/c1-13(18-14(2)25-15(3)21-18)22(6)19(23)17-9-7-16(8-10-17)11-12-20(4,5)24/h7-10,13,24H,1-6H3/t13-/m1/s1. The van der Waals surface area contributed by atoms with Gasteiger partial charge in [-0.3, -0.25) is 4.79 Å². The van der Waals surface area contributed by atoms with Gasteiger partial charge in [0.1, 0.15) is 5.60 Å². The van der Waals surface area contributed by atoms with E-state index < -0.39 is 5.60 Å². The number of thiazole rings is 1. The van der Waals surface area contributed by atoms with Crippen LogP contribution in [0.5, 0.6) is 0 Å². The molecule has 4 nitrogen and oxygen atoms in total. The highest BCUT2D eigenvalue weighted by Crippen LogP contribution is 2.27. The Bertz CT molecular complexity index is 820. The van der Waals surface area contributed by atoms with Crippen molar-refractivity contribution in [3.8, 4) is 11.8 Å². The predicted octanol–water partition coefficient (Wildman–Crippen LogP) is 3.72. The third-order valence-corrected chi connectivity index (χ3v) is 4.78. The van der Waals surface area contributed by atoms with Gasteiger partial charge in [-0.05, 0) is 58.9 Å². The van der Waals surface area contributed by atoms with Crippen molar-refractivity contribution in [3.63, 3.8) is 0 Å². The van der Waals surface area contributed by atoms with Crippen molar-refractivity contribution in [2.75, 3.05) is 7.05 Å². The SMILES string of the molecule is Cc1nc([C@@H](C)N(C)C(=O)c2ccc(C#CC(C)(C)O)cc2)c(C)s1. The second kappa shape index (κ2) is 7.38. The molecule has 0 spiro atoms. The molecule has 0 radical (unpaired) electrons. The van der Waals surface area contributed by atoms with Crippen LogP contribution in [-0.2, 0) is 0 Å². The average molecular weight is 356 g/mol. The maximum atomic E-state index is 12.7. The zero-order valence-electron chi connectivity index (χ0n) is 15.5. The van der Waals surface area contributed by atoms with Crippen LogP contribution in [0.2, 0.25) is 0 Å². The monoisotopic (exact) mass is 356 g/mol. The van der Waals surface area contributed by atoms with Gasteiger partial charge in [0.2, 0.25) is 0 Å². The highest BCUT2D eigenvalue weighted by molar-refractivity contribution is 7.11. The van der Waals surface area contributed by atoms with Gasteiger partial charge in [0.15, 0.2) is 0 Å².